The number of carbonyl (C=O) groups is 3. The predicted molar refractivity (Wildman–Crippen MR) is 103 cm³/mol. The Morgan fingerprint density at radius 2 is 2.13 bits per heavy atom. The average Bonchev–Trinajstić information content (AvgIpc) is 3.22. The number of ether oxygens (including phenoxy) is 2. The number of halogens is 2. The molecular formula is C19H20ClFN4O5. The van der Waals surface area contributed by atoms with Crippen LogP contribution in [0.3, 0.4) is 0 Å². The summed E-state index contributed by atoms with van der Waals surface area (Å²) in [6.07, 6.45) is 1.50. The van der Waals surface area contributed by atoms with Crippen LogP contribution < -0.4 is 5.32 Å². The SMILES string of the molecule is COC(=O)C[C@@H](NC(=O)N1CCc2[nH]cnc2C1c1cc(Cl)ccc1F)C(=O)OC. The van der Waals surface area contributed by atoms with Gasteiger partial charge < -0.3 is 24.7 Å². The lowest BCUT2D eigenvalue weighted by molar-refractivity contribution is -0.149. The summed E-state index contributed by atoms with van der Waals surface area (Å²) in [6, 6.07) is 1.21. The van der Waals surface area contributed by atoms with E-state index in [1.807, 2.05) is 0 Å². The van der Waals surface area contributed by atoms with Gasteiger partial charge in [0.05, 0.1) is 32.7 Å². The minimum atomic E-state index is -1.26. The fourth-order valence-electron chi connectivity index (χ4n) is 3.35. The standard InChI is InChI=1S/C19H20ClFN4O5/c1-29-15(26)8-14(18(27)30-2)24-19(28)25-6-5-13-16(23-9-22-13)17(25)11-7-10(20)3-4-12(11)21/h3-4,7,9,14,17H,5-6,8H2,1-2H3,(H,22,23)(H,24,28)/t14-,17?/m1/s1. The van der Waals surface area contributed by atoms with Crippen LogP contribution in [0.25, 0.3) is 0 Å². The fourth-order valence-corrected chi connectivity index (χ4v) is 3.53. The number of aromatic nitrogens is 2. The van der Waals surface area contributed by atoms with E-state index in [1.165, 1.54) is 36.5 Å². The lowest BCUT2D eigenvalue weighted by Gasteiger charge is -2.36. The third kappa shape index (κ3) is 4.38. The number of hydrogen-bond donors (Lipinski definition) is 2. The van der Waals surface area contributed by atoms with Crippen molar-refractivity contribution in [3.63, 3.8) is 0 Å². The number of methoxy groups -OCH3 is 2. The number of aromatic amines is 1. The van der Waals surface area contributed by atoms with Crippen molar-refractivity contribution in [2.45, 2.75) is 24.9 Å². The molecule has 160 valence electrons. The average molecular weight is 439 g/mol. The highest BCUT2D eigenvalue weighted by Gasteiger charge is 2.37. The maximum absolute atomic E-state index is 14.7. The van der Waals surface area contributed by atoms with Crippen molar-refractivity contribution in [2.24, 2.45) is 0 Å². The number of nitrogens with one attached hydrogen (secondary N) is 2. The second-order valence-corrected chi connectivity index (χ2v) is 7.02. The maximum Gasteiger partial charge on any atom is 0.329 e. The van der Waals surface area contributed by atoms with Crippen LogP contribution in [0.1, 0.15) is 29.4 Å². The first-order chi connectivity index (χ1) is 14.3. The Morgan fingerprint density at radius 1 is 1.37 bits per heavy atom. The number of rotatable bonds is 5. The molecule has 0 spiro atoms. The van der Waals surface area contributed by atoms with Crippen molar-refractivity contribution in [3.8, 4) is 0 Å². The number of carbonyl (C=O) groups excluding carboxylic acids is 3. The van der Waals surface area contributed by atoms with Crippen molar-refractivity contribution in [1.82, 2.24) is 20.2 Å². The van der Waals surface area contributed by atoms with Crippen LogP contribution in [0.4, 0.5) is 9.18 Å². The lowest BCUT2D eigenvalue weighted by Crippen LogP contribution is -2.52. The van der Waals surface area contributed by atoms with Crippen molar-refractivity contribution < 1.29 is 28.2 Å². The second kappa shape index (κ2) is 9.12. The summed E-state index contributed by atoms with van der Waals surface area (Å²) >= 11 is 6.06. The van der Waals surface area contributed by atoms with Gasteiger partial charge in [-0.25, -0.2) is 19.0 Å². The minimum absolute atomic E-state index is 0.160. The van der Waals surface area contributed by atoms with Gasteiger partial charge in [0.15, 0.2) is 0 Å². The summed E-state index contributed by atoms with van der Waals surface area (Å²) in [5.74, 6) is -2.06. The van der Waals surface area contributed by atoms with Crippen LogP contribution >= 0.6 is 11.6 Å². The number of hydrogen-bond acceptors (Lipinski definition) is 6. The zero-order valence-electron chi connectivity index (χ0n) is 16.3. The van der Waals surface area contributed by atoms with Crippen molar-refractivity contribution in [1.29, 1.82) is 0 Å². The zero-order chi connectivity index (χ0) is 21.8. The molecule has 30 heavy (non-hydrogen) atoms. The van der Waals surface area contributed by atoms with E-state index in [0.717, 1.165) is 12.8 Å². The summed E-state index contributed by atoms with van der Waals surface area (Å²) in [6.45, 7) is 0.212. The van der Waals surface area contributed by atoms with Crippen LogP contribution in [-0.2, 0) is 25.5 Å². The van der Waals surface area contributed by atoms with Gasteiger partial charge in [0.25, 0.3) is 0 Å². The first-order valence-corrected chi connectivity index (χ1v) is 9.42. The minimum Gasteiger partial charge on any atom is -0.469 e. The highest BCUT2D eigenvalue weighted by atomic mass is 35.5. The van der Waals surface area contributed by atoms with Crippen LogP contribution in [-0.4, -0.2) is 59.6 Å². The molecule has 1 unspecified atom stereocenters. The summed E-state index contributed by atoms with van der Waals surface area (Å²) < 4.78 is 23.9. The summed E-state index contributed by atoms with van der Waals surface area (Å²) in [5.41, 5.74) is 1.40. The van der Waals surface area contributed by atoms with Gasteiger partial charge in [-0.15, -0.1) is 0 Å². The van der Waals surface area contributed by atoms with E-state index in [4.69, 9.17) is 11.6 Å². The van der Waals surface area contributed by atoms with E-state index in [2.05, 4.69) is 24.8 Å². The molecule has 2 atom stereocenters. The Labute approximate surface area is 176 Å². The molecule has 11 heteroatoms. The normalized spacial score (nSPS) is 16.4. The molecule has 0 saturated carbocycles. The van der Waals surface area contributed by atoms with Gasteiger partial charge in [0.1, 0.15) is 17.9 Å². The van der Waals surface area contributed by atoms with Gasteiger partial charge in [0.2, 0.25) is 0 Å². The molecule has 2 amide bonds. The number of urea groups is 1. The third-order valence-corrected chi connectivity index (χ3v) is 5.06. The van der Waals surface area contributed by atoms with Gasteiger partial charge in [-0.05, 0) is 18.2 Å². The van der Waals surface area contributed by atoms with Crippen molar-refractivity contribution in [2.75, 3.05) is 20.8 Å². The monoisotopic (exact) mass is 438 g/mol. The number of imidazole rings is 1. The molecule has 2 heterocycles. The first-order valence-electron chi connectivity index (χ1n) is 9.04. The topological polar surface area (TPSA) is 114 Å². The van der Waals surface area contributed by atoms with E-state index in [9.17, 15) is 18.8 Å². The van der Waals surface area contributed by atoms with Gasteiger partial charge >= 0.3 is 18.0 Å². The van der Waals surface area contributed by atoms with Gasteiger partial charge in [-0.2, -0.15) is 0 Å². The number of H-pyrrole nitrogens is 1. The molecule has 1 aromatic carbocycles. The smallest absolute Gasteiger partial charge is 0.329 e. The number of esters is 2. The maximum atomic E-state index is 14.7. The summed E-state index contributed by atoms with van der Waals surface area (Å²) in [4.78, 5) is 45.3. The molecule has 0 bridgehead atoms. The number of fused-ring (bicyclic) bond motifs is 1. The van der Waals surface area contributed by atoms with Crippen LogP contribution in [0.2, 0.25) is 5.02 Å². The van der Waals surface area contributed by atoms with Crippen molar-refractivity contribution >= 4 is 29.6 Å². The molecule has 3 rings (SSSR count). The number of amides is 2. The Hall–Kier alpha value is -3.14. The van der Waals surface area contributed by atoms with Crippen LogP contribution in [0.5, 0.6) is 0 Å². The molecule has 9 nitrogen and oxygen atoms in total. The van der Waals surface area contributed by atoms with E-state index in [0.29, 0.717) is 17.1 Å². The highest BCUT2D eigenvalue weighted by Crippen LogP contribution is 2.35. The Morgan fingerprint density at radius 3 is 2.83 bits per heavy atom. The second-order valence-electron chi connectivity index (χ2n) is 6.58. The molecule has 0 fully saturated rings. The summed E-state index contributed by atoms with van der Waals surface area (Å²) in [7, 11) is 2.31. The van der Waals surface area contributed by atoms with Crippen LogP contribution in [0.15, 0.2) is 24.5 Å². The van der Waals surface area contributed by atoms with Crippen molar-refractivity contribution in [3.05, 3.63) is 52.3 Å². The quantitative estimate of drug-likeness (QED) is 0.690. The van der Waals surface area contributed by atoms with E-state index in [-0.39, 0.29) is 12.1 Å². The van der Waals surface area contributed by atoms with E-state index < -0.39 is 42.3 Å². The fraction of sp³-hybridized carbons (Fsp3) is 0.368. The molecule has 2 aromatic rings. The van der Waals surface area contributed by atoms with Crippen LogP contribution in [0, 0.1) is 5.82 Å². The Balaban J connectivity index is 1.94. The first kappa shape index (κ1) is 21.6. The lowest BCUT2D eigenvalue weighted by atomic mass is 9.95. The molecule has 0 saturated heterocycles. The molecule has 0 aliphatic carbocycles. The predicted octanol–water partition coefficient (Wildman–Crippen LogP) is 1.96. The molecule has 1 aliphatic heterocycles. The van der Waals surface area contributed by atoms with E-state index in [1.54, 1.807) is 0 Å². The molecule has 1 aliphatic rings. The molecule has 1 aromatic heterocycles. The zero-order valence-corrected chi connectivity index (χ0v) is 17.0. The Bertz CT molecular complexity index is 966. The van der Waals surface area contributed by atoms with Gasteiger partial charge in [0, 0.05) is 29.2 Å². The molecule has 2 N–H and O–H groups in total. The van der Waals surface area contributed by atoms with Gasteiger partial charge in [-0.3, -0.25) is 4.79 Å². The van der Waals surface area contributed by atoms with Gasteiger partial charge in [-0.1, -0.05) is 11.6 Å². The molecular weight excluding hydrogens is 419 g/mol. The third-order valence-electron chi connectivity index (χ3n) is 4.82. The number of nitrogens with zero attached hydrogens (tertiary/aromatic N) is 2. The Kier molecular flexibility index (Phi) is 6.56. The number of benzene rings is 1. The summed E-state index contributed by atoms with van der Waals surface area (Å²) in [5, 5.41) is 2.78. The largest absolute Gasteiger partial charge is 0.469 e. The highest BCUT2D eigenvalue weighted by molar-refractivity contribution is 6.30. The van der Waals surface area contributed by atoms with E-state index >= 15 is 0 Å². The molecule has 0 radical (unpaired) electrons.